The number of halogens is 2. The van der Waals surface area contributed by atoms with Crippen molar-refractivity contribution < 1.29 is 9.13 Å². The van der Waals surface area contributed by atoms with Gasteiger partial charge in [0.05, 0.1) is 5.88 Å². The Morgan fingerprint density at radius 2 is 1.90 bits per heavy atom. The second kappa shape index (κ2) is 6.27. The van der Waals surface area contributed by atoms with Crippen LogP contribution in [-0.2, 0) is 5.88 Å². The molecule has 106 valence electrons. The van der Waals surface area contributed by atoms with Crippen molar-refractivity contribution in [2.75, 3.05) is 0 Å². The van der Waals surface area contributed by atoms with E-state index in [1.807, 2.05) is 13.0 Å². The van der Waals surface area contributed by atoms with Gasteiger partial charge in [0, 0.05) is 5.56 Å². The first-order valence-corrected chi connectivity index (χ1v) is 7.18. The highest BCUT2D eigenvalue weighted by Gasteiger charge is 2.13. The third kappa shape index (κ3) is 3.13. The second-order valence-electron chi connectivity index (χ2n) is 5.15. The average molecular weight is 293 g/mol. The highest BCUT2D eigenvalue weighted by molar-refractivity contribution is 6.17. The lowest BCUT2D eigenvalue weighted by atomic mass is 10.0. The topological polar surface area (TPSA) is 9.23 Å². The Balaban J connectivity index is 2.44. The molecule has 0 aliphatic heterocycles. The molecule has 0 spiro atoms. The molecule has 0 aliphatic rings. The molecule has 0 aromatic heterocycles. The Morgan fingerprint density at radius 1 is 1.15 bits per heavy atom. The first kappa shape index (κ1) is 14.9. The van der Waals surface area contributed by atoms with Crippen LogP contribution in [0.2, 0.25) is 0 Å². The molecule has 2 aromatic rings. The van der Waals surface area contributed by atoms with E-state index in [0.29, 0.717) is 17.2 Å². The number of benzene rings is 2. The zero-order chi connectivity index (χ0) is 14.7. The fourth-order valence-electron chi connectivity index (χ4n) is 2.09. The molecule has 0 radical (unpaired) electrons. The maximum atomic E-state index is 13.7. The van der Waals surface area contributed by atoms with Crippen LogP contribution < -0.4 is 4.74 Å². The van der Waals surface area contributed by atoms with Crippen LogP contribution in [0, 0.1) is 12.7 Å². The summed E-state index contributed by atoms with van der Waals surface area (Å²) in [5.74, 6) is 1.32. The van der Waals surface area contributed by atoms with Crippen LogP contribution in [0.4, 0.5) is 4.39 Å². The Kier molecular flexibility index (Phi) is 4.66. The molecular weight excluding hydrogens is 275 g/mol. The summed E-state index contributed by atoms with van der Waals surface area (Å²) in [6.45, 7) is 6.21. The number of hydrogen-bond acceptors (Lipinski definition) is 1. The lowest BCUT2D eigenvalue weighted by molar-refractivity contribution is 0.461. The molecule has 0 bridgehead atoms. The van der Waals surface area contributed by atoms with Gasteiger partial charge in [-0.2, -0.15) is 0 Å². The van der Waals surface area contributed by atoms with Crippen molar-refractivity contribution in [2.45, 2.75) is 32.6 Å². The molecule has 0 saturated carbocycles. The Bertz CT molecular complexity index is 608. The number of aryl methyl sites for hydroxylation is 1. The van der Waals surface area contributed by atoms with Crippen molar-refractivity contribution in [1.82, 2.24) is 0 Å². The largest absolute Gasteiger partial charge is 0.457 e. The van der Waals surface area contributed by atoms with Crippen LogP contribution in [0.25, 0.3) is 0 Å². The lowest BCUT2D eigenvalue weighted by Crippen LogP contribution is -1.98. The molecule has 3 heteroatoms. The van der Waals surface area contributed by atoms with Gasteiger partial charge in [-0.1, -0.05) is 32.0 Å². The lowest BCUT2D eigenvalue weighted by Gasteiger charge is -2.16. The predicted octanol–water partition coefficient (Wildman–Crippen LogP) is 5.79. The van der Waals surface area contributed by atoms with E-state index in [4.69, 9.17) is 16.3 Å². The van der Waals surface area contributed by atoms with Gasteiger partial charge in [0.15, 0.2) is 0 Å². The van der Waals surface area contributed by atoms with E-state index in [2.05, 4.69) is 26.0 Å². The summed E-state index contributed by atoms with van der Waals surface area (Å²) < 4.78 is 19.7. The van der Waals surface area contributed by atoms with Gasteiger partial charge < -0.3 is 4.74 Å². The SMILES string of the molecule is Cc1ccc(C(C)C)c(Oc2cccc(F)c2CCl)c1. The molecule has 2 aromatic carbocycles. The van der Waals surface area contributed by atoms with E-state index in [1.54, 1.807) is 12.1 Å². The summed E-state index contributed by atoms with van der Waals surface area (Å²) in [7, 11) is 0. The first-order chi connectivity index (χ1) is 9.52. The molecule has 0 atom stereocenters. The molecule has 0 N–H and O–H groups in total. The maximum absolute atomic E-state index is 13.7. The van der Waals surface area contributed by atoms with E-state index in [1.165, 1.54) is 6.07 Å². The highest BCUT2D eigenvalue weighted by atomic mass is 35.5. The van der Waals surface area contributed by atoms with Crippen LogP contribution >= 0.6 is 11.6 Å². The summed E-state index contributed by atoms with van der Waals surface area (Å²) in [6.07, 6.45) is 0. The van der Waals surface area contributed by atoms with Crippen molar-refractivity contribution in [3.8, 4) is 11.5 Å². The third-order valence-corrected chi connectivity index (χ3v) is 3.49. The summed E-state index contributed by atoms with van der Waals surface area (Å²) in [5.41, 5.74) is 2.60. The van der Waals surface area contributed by atoms with E-state index in [0.717, 1.165) is 16.9 Å². The predicted molar refractivity (Wildman–Crippen MR) is 81.3 cm³/mol. The van der Waals surface area contributed by atoms with Gasteiger partial charge >= 0.3 is 0 Å². The van der Waals surface area contributed by atoms with E-state index in [9.17, 15) is 4.39 Å². The Labute approximate surface area is 124 Å². The van der Waals surface area contributed by atoms with Crippen molar-refractivity contribution in [3.05, 3.63) is 58.9 Å². The molecule has 0 fully saturated rings. The minimum Gasteiger partial charge on any atom is -0.457 e. The molecule has 0 saturated heterocycles. The van der Waals surface area contributed by atoms with Crippen molar-refractivity contribution >= 4 is 11.6 Å². The van der Waals surface area contributed by atoms with Gasteiger partial charge in [-0.05, 0) is 42.2 Å². The van der Waals surface area contributed by atoms with Crippen LogP contribution in [0.5, 0.6) is 11.5 Å². The van der Waals surface area contributed by atoms with Crippen molar-refractivity contribution in [2.24, 2.45) is 0 Å². The maximum Gasteiger partial charge on any atom is 0.134 e. The minimum atomic E-state index is -0.337. The standard InChI is InChI=1S/C17H18ClFO/c1-11(2)13-8-7-12(3)9-17(13)20-16-6-4-5-15(19)14(16)10-18/h4-9,11H,10H2,1-3H3. The number of alkyl halides is 1. The van der Waals surface area contributed by atoms with Crippen LogP contribution in [0.3, 0.4) is 0 Å². The fourth-order valence-corrected chi connectivity index (χ4v) is 2.35. The zero-order valence-electron chi connectivity index (χ0n) is 11.9. The first-order valence-electron chi connectivity index (χ1n) is 6.64. The van der Waals surface area contributed by atoms with Crippen LogP contribution in [0.15, 0.2) is 36.4 Å². The van der Waals surface area contributed by atoms with E-state index < -0.39 is 0 Å². The zero-order valence-corrected chi connectivity index (χ0v) is 12.7. The smallest absolute Gasteiger partial charge is 0.134 e. The van der Waals surface area contributed by atoms with Crippen molar-refractivity contribution in [1.29, 1.82) is 0 Å². The van der Waals surface area contributed by atoms with E-state index >= 15 is 0 Å². The molecule has 0 heterocycles. The highest BCUT2D eigenvalue weighted by Crippen LogP contribution is 2.34. The summed E-state index contributed by atoms with van der Waals surface area (Å²) >= 11 is 5.82. The minimum absolute atomic E-state index is 0.0881. The number of hydrogen-bond donors (Lipinski definition) is 0. The molecular formula is C17H18ClFO. The molecule has 0 aliphatic carbocycles. The summed E-state index contributed by atoms with van der Waals surface area (Å²) in [6, 6.07) is 10.8. The summed E-state index contributed by atoms with van der Waals surface area (Å²) in [5, 5.41) is 0. The fraction of sp³-hybridized carbons (Fsp3) is 0.294. The molecule has 20 heavy (non-hydrogen) atoms. The third-order valence-electron chi connectivity index (χ3n) is 3.22. The van der Waals surface area contributed by atoms with Gasteiger partial charge in [-0.25, -0.2) is 4.39 Å². The monoisotopic (exact) mass is 292 g/mol. The normalized spacial score (nSPS) is 10.9. The number of rotatable bonds is 4. The molecule has 2 rings (SSSR count). The molecule has 1 nitrogen and oxygen atoms in total. The van der Waals surface area contributed by atoms with E-state index in [-0.39, 0.29) is 11.7 Å². The average Bonchev–Trinajstić information content (AvgIpc) is 2.38. The van der Waals surface area contributed by atoms with Gasteiger partial charge in [0.25, 0.3) is 0 Å². The van der Waals surface area contributed by atoms with Crippen LogP contribution in [-0.4, -0.2) is 0 Å². The van der Waals surface area contributed by atoms with Gasteiger partial charge in [-0.3, -0.25) is 0 Å². The van der Waals surface area contributed by atoms with Gasteiger partial charge in [-0.15, -0.1) is 11.6 Å². The molecule has 0 unspecified atom stereocenters. The molecule has 0 amide bonds. The quantitative estimate of drug-likeness (QED) is 0.648. The van der Waals surface area contributed by atoms with Crippen molar-refractivity contribution in [3.63, 3.8) is 0 Å². The Morgan fingerprint density at radius 3 is 2.55 bits per heavy atom. The Hall–Kier alpha value is -1.54. The van der Waals surface area contributed by atoms with Gasteiger partial charge in [0.1, 0.15) is 17.3 Å². The van der Waals surface area contributed by atoms with Crippen LogP contribution in [0.1, 0.15) is 36.5 Å². The summed E-state index contributed by atoms with van der Waals surface area (Å²) in [4.78, 5) is 0. The second-order valence-corrected chi connectivity index (χ2v) is 5.42. The van der Waals surface area contributed by atoms with Gasteiger partial charge in [0.2, 0.25) is 0 Å². The number of ether oxygens (including phenoxy) is 1.